The Morgan fingerprint density at radius 1 is 1.09 bits per heavy atom. The van der Waals surface area contributed by atoms with Gasteiger partial charge >= 0.3 is 0 Å². The van der Waals surface area contributed by atoms with Crippen LogP contribution in [0.5, 0.6) is 0 Å². The number of hydrogen-bond acceptors (Lipinski definition) is 6. The number of hydrogen-bond donors (Lipinski definition) is 2. The molecular formula is C23H22ClN5O3S. The number of nitrogens with one attached hydrogen (secondary N) is 1. The summed E-state index contributed by atoms with van der Waals surface area (Å²) in [6.45, 7) is 5.62. The van der Waals surface area contributed by atoms with E-state index >= 15 is 0 Å². The molecule has 0 bridgehead atoms. The van der Waals surface area contributed by atoms with E-state index in [1.54, 1.807) is 37.4 Å². The van der Waals surface area contributed by atoms with Crippen molar-refractivity contribution >= 4 is 49.9 Å². The van der Waals surface area contributed by atoms with Gasteiger partial charge in [-0.3, -0.25) is 9.52 Å². The van der Waals surface area contributed by atoms with Crippen LogP contribution in [-0.2, 0) is 10.0 Å². The van der Waals surface area contributed by atoms with Crippen molar-refractivity contribution in [1.29, 1.82) is 0 Å². The number of halogens is 1. The molecule has 10 heteroatoms. The molecule has 0 aliphatic carbocycles. The SMILES string of the molecule is Cc1ccccc1S(=O)(=O)Nc1cccc(C(=O)c2cn(C(C)C)c3ncnc(N)c23)c1Cl. The first-order chi connectivity index (χ1) is 15.6. The fourth-order valence-electron chi connectivity index (χ4n) is 3.66. The minimum Gasteiger partial charge on any atom is -0.383 e. The van der Waals surface area contributed by atoms with Gasteiger partial charge in [-0.05, 0) is 44.5 Å². The summed E-state index contributed by atoms with van der Waals surface area (Å²) in [7, 11) is -3.91. The summed E-state index contributed by atoms with van der Waals surface area (Å²) in [4.78, 5) is 22.0. The van der Waals surface area contributed by atoms with Gasteiger partial charge in [0.1, 0.15) is 17.8 Å². The molecule has 2 aromatic heterocycles. The summed E-state index contributed by atoms with van der Waals surface area (Å²) >= 11 is 6.53. The lowest BCUT2D eigenvalue weighted by atomic mass is 10.0. The van der Waals surface area contributed by atoms with Gasteiger partial charge in [0.25, 0.3) is 10.0 Å². The van der Waals surface area contributed by atoms with Gasteiger partial charge < -0.3 is 10.3 Å². The Balaban J connectivity index is 1.79. The molecule has 0 saturated heterocycles. The van der Waals surface area contributed by atoms with E-state index in [-0.39, 0.29) is 38.6 Å². The quantitative estimate of drug-likeness (QED) is 0.387. The third-order valence-corrected chi connectivity index (χ3v) is 7.24. The summed E-state index contributed by atoms with van der Waals surface area (Å²) < 4.78 is 30.2. The van der Waals surface area contributed by atoms with Crippen LogP contribution in [0.4, 0.5) is 11.5 Å². The number of sulfonamides is 1. The predicted molar refractivity (Wildman–Crippen MR) is 129 cm³/mol. The van der Waals surface area contributed by atoms with E-state index < -0.39 is 15.8 Å². The number of nitrogens with two attached hydrogens (primary N) is 1. The Morgan fingerprint density at radius 3 is 2.52 bits per heavy atom. The summed E-state index contributed by atoms with van der Waals surface area (Å²) in [6.07, 6.45) is 3.02. The van der Waals surface area contributed by atoms with Crippen LogP contribution in [0.15, 0.2) is 59.9 Å². The van der Waals surface area contributed by atoms with Crippen LogP contribution >= 0.6 is 11.6 Å². The Kier molecular flexibility index (Phi) is 5.85. The molecule has 0 aliphatic rings. The standard InChI is InChI=1S/C23H22ClN5O3S/c1-13(2)29-11-16(19-22(25)26-12-27-23(19)29)21(30)15-8-6-9-17(20(15)24)28-33(31,32)18-10-5-4-7-14(18)3/h4-13,28H,1-3H3,(H2,25,26,27). The molecule has 0 aliphatic heterocycles. The number of ketones is 1. The molecule has 170 valence electrons. The second kappa shape index (κ2) is 8.49. The number of benzene rings is 2. The molecule has 0 spiro atoms. The summed E-state index contributed by atoms with van der Waals surface area (Å²) in [6, 6.07) is 11.2. The third kappa shape index (κ3) is 4.05. The second-order valence-electron chi connectivity index (χ2n) is 7.87. The number of rotatable bonds is 6. The van der Waals surface area contributed by atoms with Gasteiger partial charge in [0.2, 0.25) is 0 Å². The molecule has 0 atom stereocenters. The fraction of sp³-hybridized carbons (Fsp3) is 0.174. The first-order valence-corrected chi connectivity index (χ1v) is 12.0. The van der Waals surface area contributed by atoms with E-state index in [9.17, 15) is 13.2 Å². The average Bonchev–Trinajstić information content (AvgIpc) is 3.16. The van der Waals surface area contributed by atoms with E-state index in [0.717, 1.165) is 0 Å². The average molecular weight is 484 g/mol. The molecule has 0 unspecified atom stereocenters. The molecule has 2 heterocycles. The lowest BCUT2D eigenvalue weighted by molar-refractivity contribution is 0.104. The zero-order chi connectivity index (χ0) is 23.9. The van der Waals surface area contributed by atoms with Gasteiger partial charge in [-0.1, -0.05) is 35.9 Å². The van der Waals surface area contributed by atoms with Crippen LogP contribution in [0.25, 0.3) is 11.0 Å². The van der Waals surface area contributed by atoms with Crippen molar-refractivity contribution in [3.05, 3.63) is 76.7 Å². The van der Waals surface area contributed by atoms with Crippen molar-refractivity contribution in [2.24, 2.45) is 0 Å². The summed E-state index contributed by atoms with van der Waals surface area (Å²) in [5.74, 6) is -0.238. The Hall–Kier alpha value is -3.43. The number of anilines is 2. The molecule has 0 saturated carbocycles. The number of nitrogens with zero attached hydrogens (tertiary/aromatic N) is 3. The number of aromatic nitrogens is 3. The molecule has 33 heavy (non-hydrogen) atoms. The molecular weight excluding hydrogens is 462 g/mol. The van der Waals surface area contributed by atoms with Gasteiger partial charge in [-0.2, -0.15) is 0 Å². The van der Waals surface area contributed by atoms with Crippen LogP contribution in [0.1, 0.15) is 41.4 Å². The number of aryl methyl sites for hydroxylation is 1. The van der Waals surface area contributed by atoms with Gasteiger partial charge in [-0.15, -0.1) is 0 Å². The highest BCUT2D eigenvalue weighted by Gasteiger charge is 2.25. The van der Waals surface area contributed by atoms with E-state index in [4.69, 9.17) is 17.3 Å². The maximum absolute atomic E-state index is 13.5. The number of fused-ring (bicyclic) bond motifs is 1. The first-order valence-electron chi connectivity index (χ1n) is 10.1. The van der Waals surface area contributed by atoms with E-state index in [0.29, 0.717) is 16.6 Å². The highest BCUT2D eigenvalue weighted by molar-refractivity contribution is 7.92. The van der Waals surface area contributed by atoms with Gasteiger partial charge in [-0.25, -0.2) is 18.4 Å². The van der Waals surface area contributed by atoms with E-state index in [1.807, 2.05) is 18.4 Å². The van der Waals surface area contributed by atoms with Gasteiger partial charge in [0, 0.05) is 17.8 Å². The Labute approximate surface area is 196 Å². The predicted octanol–water partition coefficient (Wildman–Crippen LogP) is 4.59. The van der Waals surface area contributed by atoms with Crippen LogP contribution < -0.4 is 10.5 Å². The van der Waals surface area contributed by atoms with E-state index in [2.05, 4.69) is 14.7 Å². The van der Waals surface area contributed by atoms with Crippen LogP contribution in [-0.4, -0.2) is 28.7 Å². The first kappa shape index (κ1) is 22.8. The van der Waals surface area contributed by atoms with Crippen LogP contribution in [0, 0.1) is 6.92 Å². The fourth-order valence-corrected chi connectivity index (χ4v) is 5.30. The molecule has 4 aromatic rings. The highest BCUT2D eigenvalue weighted by atomic mass is 35.5. The van der Waals surface area contributed by atoms with Crippen molar-refractivity contribution in [1.82, 2.24) is 14.5 Å². The van der Waals surface area contributed by atoms with Crippen molar-refractivity contribution in [3.63, 3.8) is 0 Å². The van der Waals surface area contributed by atoms with Gasteiger partial charge in [0.05, 0.1) is 26.6 Å². The Bertz CT molecular complexity index is 1500. The lowest BCUT2D eigenvalue weighted by Crippen LogP contribution is -2.15. The van der Waals surface area contributed by atoms with Gasteiger partial charge in [0.15, 0.2) is 5.78 Å². The molecule has 0 amide bonds. The normalized spacial score (nSPS) is 11.8. The minimum absolute atomic E-state index is 0.0134. The highest BCUT2D eigenvalue weighted by Crippen LogP contribution is 2.33. The molecule has 0 radical (unpaired) electrons. The molecule has 0 fully saturated rings. The Morgan fingerprint density at radius 2 is 1.82 bits per heavy atom. The molecule has 2 aromatic carbocycles. The maximum atomic E-state index is 13.5. The number of carbonyl (C=O) groups excluding carboxylic acids is 1. The molecule has 4 rings (SSSR count). The summed E-state index contributed by atoms with van der Waals surface area (Å²) in [5.41, 5.74) is 7.72. The third-order valence-electron chi connectivity index (χ3n) is 5.31. The van der Waals surface area contributed by atoms with E-state index in [1.165, 1.54) is 24.5 Å². The van der Waals surface area contributed by atoms with Crippen LogP contribution in [0.2, 0.25) is 5.02 Å². The summed E-state index contributed by atoms with van der Waals surface area (Å²) in [5, 5.41) is 0.415. The lowest BCUT2D eigenvalue weighted by Gasteiger charge is -2.13. The zero-order valence-corrected chi connectivity index (χ0v) is 19.8. The molecule has 3 N–H and O–H groups in total. The van der Waals surface area contributed by atoms with Crippen molar-refractivity contribution in [3.8, 4) is 0 Å². The smallest absolute Gasteiger partial charge is 0.262 e. The number of carbonyl (C=O) groups is 1. The largest absolute Gasteiger partial charge is 0.383 e. The maximum Gasteiger partial charge on any atom is 0.262 e. The number of nitrogen functional groups attached to an aromatic ring is 1. The van der Waals surface area contributed by atoms with Crippen LogP contribution in [0.3, 0.4) is 0 Å². The second-order valence-corrected chi connectivity index (χ2v) is 9.90. The topological polar surface area (TPSA) is 120 Å². The van der Waals surface area contributed by atoms with Crippen molar-refractivity contribution in [2.75, 3.05) is 10.5 Å². The molecule has 8 nitrogen and oxygen atoms in total. The monoisotopic (exact) mass is 483 g/mol. The minimum atomic E-state index is -3.91. The van der Waals surface area contributed by atoms with Crippen molar-refractivity contribution < 1.29 is 13.2 Å². The zero-order valence-electron chi connectivity index (χ0n) is 18.2. The van der Waals surface area contributed by atoms with Crippen molar-refractivity contribution in [2.45, 2.75) is 31.7 Å².